The van der Waals surface area contributed by atoms with Gasteiger partial charge in [-0.25, -0.2) is 11.4 Å². The molecule has 1 aliphatic heterocycles. The number of carbonyl (C=O) groups excluding carboxylic acids is 6. The first-order valence-electron chi connectivity index (χ1n) is 29.5. The Balaban J connectivity index is 0.000000182. The van der Waals surface area contributed by atoms with Crippen molar-refractivity contribution >= 4 is 35.1 Å². The van der Waals surface area contributed by atoms with Crippen LogP contribution in [0.25, 0.3) is 9.69 Å². The number of rotatable bonds is 2. The van der Waals surface area contributed by atoms with Gasteiger partial charge in [0.15, 0.2) is 23.5 Å². The summed E-state index contributed by atoms with van der Waals surface area (Å²) in [6, 6.07) is 0. The van der Waals surface area contributed by atoms with E-state index < -0.39 is 44.3 Å². The molecule has 0 radical (unpaired) electrons. The van der Waals surface area contributed by atoms with E-state index in [4.69, 9.17) is 28.7 Å². The molecule has 11 heteroatoms. The van der Waals surface area contributed by atoms with Gasteiger partial charge >= 0.3 is 17.7 Å². The van der Waals surface area contributed by atoms with Gasteiger partial charge in [-0.1, -0.05) is 122 Å². The van der Waals surface area contributed by atoms with Crippen LogP contribution in [0.1, 0.15) is 196 Å². The molecule has 10 aliphatic carbocycles. The number of ketones is 4. The highest BCUT2D eigenvalue weighted by atomic mass is 16.6. The van der Waals surface area contributed by atoms with Crippen LogP contribution < -0.4 is 0 Å². The third-order valence-electron chi connectivity index (χ3n) is 25.7. The minimum atomic E-state index is -1.42. The normalized spacial score (nSPS) is 48.1. The van der Waals surface area contributed by atoms with Crippen molar-refractivity contribution < 1.29 is 44.3 Å². The van der Waals surface area contributed by atoms with Crippen molar-refractivity contribution in [3.63, 3.8) is 0 Å². The number of fused-ring (bicyclic) bond motifs is 16. The molecule has 8 fully saturated rings. The van der Waals surface area contributed by atoms with Crippen LogP contribution in [0.2, 0.25) is 0 Å². The molecule has 1 heterocycles. The Kier molecular flexibility index (Phi) is 12.1. The van der Waals surface area contributed by atoms with E-state index >= 15 is 0 Å². The van der Waals surface area contributed by atoms with Crippen molar-refractivity contribution in [2.75, 3.05) is 14.2 Å². The summed E-state index contributed by atoms with van der Waals surface area (Å²) in [7, 11) is 4.22. The molecule has 0 amide bonds. The first-order chi connectivity index (χ1) is 35.6. The average Bonchev–Trinajstić information content (AvgIpc) is 4.25. The Morgan fingerprint density at radius 1 is 0.618 bits per heavy atom. The highest BCUT2D eigenvalue weighted by molar-refractivity contribution is 6.03. The highest BCUT2D eigenvalue weighted by Gasteiger charge is 2.87. The second kappa shape index (κ2) is 16.7. The maximum atomic E-state index is 14.5. The maximum absolute atomic E-state index is 14.5. The summed E-state index contributed by atoms with van der Waals surface area (Å²) in [6.45, 7) is 46.1. The Bertz CT molecular complexity index is 2820. The summed E-state index contributed by atoms with van der Waals surface area (Å²) < 4.78 is 22.7. The van der Waals surface area contributed by atoms with Gasteiger partial charge in [0.25, 0.3) is 5.78 Å². The average molecular weight is 1050 g/mol. The van der Waals surface area contributed by atoms with Crippen molar-refractivity contribution in [3.8, 4) is 0 Å². The van der Waals surface area contributed by atoms with Crippen molar-refractivity contribution in [1.29, 1.82) is 0 Å². The summed E-state index contributed by atoms with van der Waals surface area (Å²) in [5.41, 5.74) is -3.79. The molecule has 0 aromatic carbocycles. The number of ether oxygens (including phenoxy) is 3. The molecule has 76 heavy (non-hydrogen) atoms. The third-order valence-corrected chi connectivity index (χ3v) is 25.7. The lowest BCUT2D eigenvalue weighted by molar-refractivity contribution is -0.193. The Morgan fingerprint density at radius 3 is 1.50 bits per heavy atom. The minimum Gasteiger partial charge on any atom is -0.469 e. The molecule has 0 spiro atoms. The molecule has 11 nitrogen and oxygen atoms in total. The zero-order valence-electron chi connectivity index (χ0n) is 50.2. The van der Waals surface area contributed by atoms with Crippen LogP contribution in [-0.4, -0.2) is 61.1 Å². The smallest absolute Gasteiger partial charge is 0.424 e. The molecule has 11 aliphatic rings. The van der Waals surface area contributed by atoms with Gasteiger partial charge in [-0.3, -0.25) is 33.6 Å². The number of epoxide rings is 1. The van der Waals surface area contributed by atoms with E-state index in [1.807, 2.05) is 45.9 Å². The lowest BCUT2D eigenvalue weighted by Crippen LogP contribution is -2.67. The van der Waals surface area contributed by atoms with Crippen molar-refractivity contribution in [2.24, 2.45) is 100 Å². The second-order valence-corrected chi connectivity index (χ2v) is 30.4. The van der Waals surface area contributed by atoms with E-state index in [-0.39, 0.29) is 109 Å². The zero-order chi connectivity index (χ0) is 57.3. The quantitative estimate of drug-likeness (QED) is 0.150. The van der Waals surface area contributed by atoms with Gasteiger partial charge < -0.3 is 14.3 Å². The molecule has 0 N–H and O–H groups in total. The first kappa shape index (κ1) is 55.1. The molecular formula is C65H90N2O9. The summed E-state index contributed by atoms with van der Waals surface area (Å²) in [5.74, 6) is -0.800. The molecule has 414 valence electrons. The van der Waals surface area contributed by atoms with Gasteiger partial charge in [-0.2, -0.15) is 0 Å². The van der Waals surface area contributed by atoms with Crippen molar-refractivity contribution in [2.45, 2.75) is 206 Å². The number of hydrogen-bond acceptors (Lipinski definition) is 9. The van der Waals surface area contributed by atoms with E-state index in [2.05, 4.69) is 78.9 Å². The monoisotopic (exact) mass is 1040 g/mol. The van der Waals surface area contributed by atoms with E-state index in [0.717, 1.165) is 101 Å². The fourth-order valence-electron chi connectivity index (χ4n) is 21.1. The molecule has 16 atom stereocenters. The van der Waals surface area contributed by atoms with E-state index in [1.54, 1.807) is 0 Å². The van der Waals surface area contributed by atoms with E-state index in [0.29, 0.717) is 0 Å². The van der Waals surface area contributed by atoms with E-state index in [1.165, 1.54) is 21.6 Å². The predicted octanol–water partition coefficient (Wildman–Crippen LogP) is 13.3. The van der Waals surface area contributed by atoms with Gasteiger partial charge in [0, 0.05) is 34.9 Å². The number of nitrogens with zero attached hydrogens (tertiary/aromatic N) is 2. The number of hydrogen-bond donors (Lipinski definition) is 0. The molecular weight excluding hydrogens is 953 g/mol. The summed E-state index contributed by atoms with van der Waals surface area (Å²) in [5, 5.41) is 0. The Morgan fingerprint density at radius 2 is 1.05 bits per heavy atom. The maximum Gasteiger partial charge on any atom is 0.424 e. The molecule has 0 aromatic rings. The predicted molar refractivity (Wildman–Crippen MR) is 290 cm³/mol. The lowest BCUT2D eigenvalue weighted by Gasteiger charge is -2.68. The van der Waals surface area contributed by atoms with Crippen LogP contribution in [0.5, 0.6) is 0 Å². The lowest BCUT2D eigenvalue weighted by atomic mass is 9.33. The molecule has 1 saturated heterocycles. The summed E-state index contributed by atoms with van der Waals surface area (Å²) in [6.07, 6.45) is 16.9. The number of carbonyl (C=O) groups is 6. The minimum absolute atomic E-state index is 0.00325. The van der Waals surface area contributed by atoms with Crippen molar-refractivity contribution in [1.82, 2.24) is 0 Å². The van der Waals surface area contributed by atoms with Crippen LogP contribution in [-0.2, 0) is 43.0 Å². The topological polar surface area (TPSA) is 142 Å². The fourth-order valence-corrected chi connectivity index (χ4v) is 21.1. The molecule has 0 aromatic heterocycles. The van der Waals surface area contributed by atoms with Crippen LogP contribution in [0.4, 0.5) is 0 Å². The Hall–Kier alpha value is -4.22. The summed E-state index contributed by atoms with van der Waals surface area (Å²) in [4.78, 5) is 89.7. The van der Waals surface area contributed by atoms with Crippen LogP contribution in [0.15, 0.2) is 35.1 Å². The second-order valence-electron chi connectivity index (χ2n) is 30.4. The van der Waals surface area contributed by atoms with Gasteiger partial charge in [0.05, 0.1) is 31.6 Å². The number of esters is 2. The number of allylic oxidation sites excluding steroid dienone is 5. The highest BCUT2D eigenvalue weighted by Crippen LogP contribution is 2.79. The third kappa shape index (κ3) is 6.65. The largest absolute Gasteiger partial charge is 0.469 e. The standard InChI is InChI=1S/C32H43NO5.C32H43NO4.CH4/c1-26(2)12-14-31(25(36)37-9)15-13-29(6)22(18(31)17-26)19(34)16-21-28(29,5)11-10-20-27(3,4)23(35)32(33-8)24(38-32)30(20,21)7;1-27(2)12-14-32(26(36)37-9)15-13-31(7)24(19(32)17-27)21(34)16-23-29(5)18-20(33-8)25(35)28(3,4)22(29)10-11-30(23,31)6;/h16,18,20,22,24H,10-15,17H2,1-7,9H3;16,18-19,22,24H,10-15,17H2,1-7,9H3;1H4/t18-,20-,22-,24+,28+,29+,30-,31-,32-;19-,22-,24-,29-,30+,31+,32-;/m00./s1/i;;1T. The van der Waals surface area contributed by atoms with Crippen LogP contribution >= 0.6 is 0 Å². The fraction of sp³-hybridized carbons (Fsp3) is 0.785. The van der Waals surface area contributed by atoms with E-state index in [9.17, 15) is 28.8 Å². The zero-order valence-corrected chi connectivity index (χ0v) is 49.2. The molecule has 0 unspecified atom stereocenters. The van der Waals surface area contributed by atoms with Gasteiger partial charge in [-0.15, -0.1) is 0 Å². The molecule has 11 rings (SSSR count). The SMILES string of the molecule is [3H]C.[C-]#[N+]C1=C[C@]2(C)C3=CC(=O)[C@@H]4[C@@H]5CC(C)(C)CC[C@]5(C(=O)OC)CC[C@@]4(C)[C@]3(C)CC[C@H]2C(C)(C)C1=O.[C-]#[N+][C@@]12O[C@@H]1[C@]1(C)C3=CC(=O)[C@@H]4[C@@H]5CC(C)(C)CC[C@]5(C(=O)OC)CC[C@@]4(C)[C@]3(C)CC[C@H]1C(C)(C)C2=O. The Labute approximate surface area is 456 Å². The van der Waals surface area contributed by atoms with Gasteiger partial charge in [0.1, 0.15) is 0 Å². The first-order valence-corrected chi connectivity index (χ1v) is 28.5. The van der Waals surface area contributed by atoms with Crippen LogP contribution in [0, 0.1) is 114 Å². The van der Waals surface area contributed by atoms with Crippen molar-refractivity contribution in [3.05, 3.63) is 57.9 Å². The van der Waals surface area contributed by atoms with Crippen LogP contribution in [0.3, 0.4) is 0 Å². The molecule has 7 saturated carbocycles. The number of methoxy groups -OCH3 is 2. The summed E-state index contributed by atoms with van der Waals surface area (Å²) >= 11 is 0. The molecule has 0 bridgehead atoms. The number of Topliss-reactive ketones (excluding diaryl/α,β-unsaturated/α-hetero) is 2. The van der Waals surface area contributed by atoms with Gasteiger partial charge in [-0.05, 0) is 158 Å². The van der Waals surface area contributed by atoms with Gasteiger partial charge in [0.2, 0.25) is 5.70 Å².